The second-order valence-electron chi connectivity index (χ2n) is 8.03. The van der Waals surface area contributed by atoms with Crippen molar-refractivity contribution in [1.29, 1.82) is 0 Å². The Kier molecular flexibility index (Phi) is 9.74. The molecule has 2 aromatic carbocycles. The van der Waals surface area contributed by atoms with Crippen LogP contribution in [-0.2, 0) is 22.6 Å². The number of aryl methyl sites for hydroxylation is 1. The third-order valence-corrected chi connectivity index (χ3v) is 5.59. The van der Waals surface area contributed by atoms with E-state index in [4.69, 9.17) is 20.8 Å². The number of furan rings is 1. The minimum atomic E-state index is -0.213. The van der Waals surface area contributed by atoms with Crippen LogP contribution in [0.1, 0.15) is 40.8 Å². The minimum absolute atomic E-state index is 0.0416. The maximum Gasteiger partial charge on any atom is 0.254 e. The number of hydrogen-bond donors (Lipinski definition) is 0. The Bertz CT molecular complexity index is 1050. The summed E-state index contributed by atoms with van der Waals surface area (Å²) in [4.78, 5) is 30.0. The highest BCUT2D eigenvalue weighted by atomic mass is 35.5. The summed E-state index contributed by atoms with van der Waals surface area (Å²) in [6.45, 7) is 6.04. The summed E-state index contributed by atoms with van der Waals surface area (Å²) in [5.74, 6) is 1.12. The number of benzene rings is 2. The van der Waals surface area contributed by atoms with Crippen LogP contribution >= 0.6 is 11.6 Å². The Hall–Kier alpha value is -3.09. The number of nitrogens with zero attached hydrogens (tertiary/aromatic N) is 2. The molecule has 0 saturated heterocycles. The molecule has 0 aliphatic heterocycles. The smallest absolute Gasteiger partial charge is 0.254 e. The number of halogens is 1. The number of rotatable bonds is 12. The van der Waals surface area contributed by atoms with Crippen LogP contribution in [-0.4, -0.2) is 47.9 Å². The third kappa shape index (κ3) is 7.75. The number of ether oxygens (including phenoxy) is 1. The molecule has 0 spiro atoms. The summed E-state index contributed by atoms with van der Waals surface area (Å²) in [5.41, 5.74) is 1.50. The molecule has 0 N–H and O–H groups in total. The van der Waals surface area contributed by atoms with E-state index in [0.717, 1.165) is 11.3 Å². The normalized spacial score (nSPS) is 10.8. The zero-order chi connectivity index (χ0) is 24.3. The molecular weight excluding hydrogens is 452 g/mol. The molecule has 6 nitrogen and oxygen atoms in total. The topological polar surface area (TPSA) is 63.0 Å². The molecule has 3 rings (SSSR count). The van der Waals surface area contributed by atoms with Crippen molar-refractivity contribution in [3.05, 3.63) is 94.4 Å². The second kappa shape index (κ2) is 13.0. The quantitative estimate of drug-likeness (QED) is 0.327. The standard InChI is InChI=1S/C27H31ClN2O4/c1-3-33-17-7-16-29(27(32)23-11-13-24(28)14-12-23)20-26(31)30(18-22-8-5-4-6-9-22)19-25-15-10-21(2)34-25/h4-6,8-15H,3,7,16-20H2,1-2H3. The summed E-state index contributed by atoms with van der Waals surface area (Å²) in [6, 6.07) is 20.2. The Morgan fingerprint density at radius 3 is 2.32 bits per heavy atom. The highest BCUT2D eigenvalue weighted by molar-refractivity contribution is 6.30. The first-order chi connectivity index (χ1) is 16.5. The van der Waals surface area contributed by atoms with Crippen molar-refractivity contribution in [2.24, 2.45) is 0 Å². The number of carbonyl (C=O) groups is 2. The Labute approximate surface area is 206 Å². The summed E-state index contributed by atoms with van der Waals surface area (Å²) in [5, 5.41) is 0.554. The van der Waals surface area contributed by atoms with Crippen LogP contribution in [0.4, 0.5) is 0 Å². The van der Waals surface area contributed by atoms with Gasteiger partial charge in [0.1, 0.15) is 18.1 Å². The SMILES string of the molecule is CCOCCCN(CC(=O)N(Cc1ccccc1)Cc1ccc(C)o1)C(=O)c1ccc(Cl)cc1. The molecule has 1 aromatic heterocycles. The van der Waals surface area contributed by atoms with Crippen LogP contribution in [0.25, 0.3) is 0 Å². The molecule has 0 bridgehead atoms. The molecule has 0 unspecified atom stereocenters. The van der Waals surface area contributed by atoms with E-state index in [1.807, 2.05) is 56.3 Å². The van der Waals surface area contributed by atoms with Gasteiger partial charge in [-0.15, -0.1) is 0 Å². The van der Waals surface area contributed by atoms with E-state index in [1.165, 1.54) is 0 Å². The predicted molar refractivity (Wildman–Crippen MR) is 133 cm³/mol. The van der Waals surface area contributed by atoms with Gasteiger partial charge in [-0.2, -0.15) is 0 Å². The van der Waals surface area contributed by atoms with Crippen molar-refractivity contribution < 1.29 is 18.7 Å². The summed E-state index contributed by atoms with van der Waals surface area (Å²) in [6.07, 6.45) is 0.635. The minimum Gasteiger partial charge on any atom is -0.464 e. The molecule has 0 fully saturated rings. The zero-order valence-electron chi connectivity index (χ0n) is 19.7. The fraction of sp³-hybridized carbons (Fsp3) is 0.333. The first kappa shape index (κ1) is 25.5. The summed E-state index contributed by atoms with van der Waals surface area (Å²) in [7, 11) is 0. The molecule has 2 amide bonds. The van der Waals surface area contributed by atoms with Gasteiger partial charge in [-0.25, -0.2) is 0 Å². The average Bonchev–Trinajstić information content (AvgIpc) is 3.25. The second-order valence-corrected chi connectivity index (χ2v) is 8.47. The molecular formula is C27H31ClN2O4. The lowest BCUT2D eigenvalue weighted by Gasteiger charge is -2.27. The van der Waals surface area contributed by atoms with Crippen molar-refractivity contribution >= 4 is 23.4 Å². The van der Waals surface area contributed by atoms with E-state index in [-0.39, 0.29) is 18.4 Å². The summed E-state index contributed by atoms with van der Waals surface area (Å²) >= 11 is 5.98. The predicted octanol–water partition coefficient (Wildman–Crippen LogP) is 5.34. The van der Waals surface area contributed by atoms with Gasteiger partial charge in [0.05, 0.1) is 6.54 Å². The van der Waals surface area contributed by atoms with Crippen LogP contribution in [0.5, 0.6) is 0 Å². The van der Waals surface area contributed by atoms with Crippen molar-refractivity contribution in [2.75, 3.05) is 26.3 Å². The van der Waals surface area contributed by atoms with Crippen LogP contribution in [0.2, 0.25) is 5.02 Å². The fourth-order valence-electron chi connectivity index (χ4n) is 3.59. The van der Waals surface area contributed by atoms with E-state index in [0.29, 0.717) is 55.6 Å². The molecule has 180 valence electrons. The largest absolute Gasteiger partial charge is 0.464 e. The van der Waals surface area contributed by atoms with Crippen LogP contribution in [0.3, 0.4) is 0 Å². The maximum absolute atomic E-state index is 13.5. The molecule has 0 atom stereocenters. The van der Waals surface area contributed by atoms with Crippen molar-refractivity contribution in [3.8, 4) is 0 Å². The Morgan fingerprint density at radius 1 is 0.941 bits per heavy atom. The molecule has 0 saturated carbocycles. The van der Waals surface area contributed by atoms with E-state index in [2.05, 4.69) is 0 Å². The average molecular weight is 483 g/mol. The molecule has 0 aliphatic carbocycles. The summed E-state index contributed by atoms with van der Waals surface area (Å²) < 4.78 is 11.2. The Morgan fingerprint density at radius 2 is 1.68 bits per heavy atom. The van der Waals surface area contributed by atoms with E-state index >= 15 is 0 Å². The van der Waals surface area contributed by atoms with Crippen LogP contribution in [0, 0.1) is 6.92 Å². The van der Waals surface area contributed by atoms with E-state index < -0.39 is 0 Å². The van der Waals surface area contributed by atoms with Gasteiger partial charge in [0.25, 0.3) is 5.91 Å². The molecule has 34 heavy (non-hydrogen) atoms. The first-order valence-electron chi connectivity index (χ1n) is 11.5. The number of carbonyl (C=O) groups excluding carboxylic acids is 2. The van der Waals surface area contributed by atoms with Gasteiger partial charge in [-0.1, -0.05) is 41.9 Å². The van der Waals surface area contributed by atoms with Gasteiger partial charge >= 0.3 is 0 Å². The highest BCUT2D eigenvalue weighted by Gasteiger charge is 2.23. The molecule has 1 heterocycles. The monoisotopic (exact) mass is 482 g/mol. The molecule has 0 radical (unpaired) electrons. The lowest BCUT2D eigenvalue weighted by molar-refractivity contribution is -0.133. The van der Waals surface area contributed by atoms with Gasteiger partial charge in [0, 0.05) is 36.9 Å². The lowest BCUT2D eigenvalue weighted by Crippen LogP contribution is -2.43. The van der Waals surface area contributed by atoms with Gasteiger partial charge < -0.3 is 19.0 Å². The van der Waals surface area contributed by atoms with Crippen molar-refractivity contribution in [2.45, 2.75) is 33.4 Å². The van der Waals surface area contributed by atoms with E-state index in [9.17, 15) is 9.59 Å². The highest BCUT2D eigenvalue weighted by Crippen LogP contribution is 2.16. The molecule has 3 aromatic rings. The first-order valence-corrected chi connectivity index (χ1v) is 11.8. The maximum atomic E-state index is 13.5. The van der Waals surface area contributed by atoms with Gasteiger partial charge in [-0.3, -0.25) is 9.59 Å². The molecule has 0 aliphatic rings. The Balaban J connectivity index is 1.78. The van der Waals surface area contributed by atoms with Crippen molar-refractivity contribution in [3.63, 3.8) is 0 Å². The van der Waals surface area contributed by atoms with Gasteiger partial charge in [0.15, 0.2) is 0 Å². The fourth-order valence-corrected chi connectivity index (χ4v) is 3.71. The van der Waals surface area contributed by atoms with Crippen LogP contribution in [0.15, 0.2) is 71.1 Å². The number of amides is 2. The third-order valence-electron chi connectivity index (χ3n) is 5.34. The van der Waals surface area contributed by atoms with E-state index in [1.54, 1.807) is 34.1 Å². The lowest BCUT2D eigenvalue weighted by atomic mass is 10.2. The van der Waals surface area contributed by atoms with Crippen LogP contribution < -0.4 is 0 Å². The van der Waals surface area contributed by atoms with Gasteiger partial charge in [-0.05, 0) is 62.2 Å². The van der Waals surface area contributed by atoms with Crippen molar-refractivity contribution in [1.82, 2.24) is 9.80 Å². The number of hydrogen-bond acceptors (Lipinski definition) is 4. The van der Waals surface area contributed by atoms with Gasteiger partial charge in [0.2, 0.25) is 5.91 Å². The zero-order valence-corrected chi connectivity index (χ0v) is 20.5. The molecule has 7 heteroatoms.